The van der Waals surface area contributed by atoms with Crippen molar-refractivity contribution in [1.82, 2.24) is 0 Å². The Morgan fingerprint density at radius 2 is 1.00 bits per heavy atom. The zero-order valence-electron chi connectivity index (χ0n) is 36.9. The molecule has 0 fully saturated rings. The van der Waals surface area contributed by atoms with E-state index in [1.54, 1.807) is 0 Å². The first-order valence-electron chi connectivity index (χ1n) is 21.9. The van der Waals surface area contributed by atoms with E-state index in [0.29, 0.717) is 30.3 Å². The number of phosphoric ester groups is 1. The van der Waals surface area contributed by atoms with E-state index >= 15 is 0 Å². The van der Waals surface area contributed by atoms with Crippen LogP contribution in [0.25, 0.3) is 0 Å². The first-order valence-corrected chi connectivity index (χ1v) is 23.4. The lowest BCUT2D eigenvalue weighted by Gasteiger charge is -2.28. The molecule has 0 saturated carbocycles. The van der Waals surface area contributed by atoms with Gasteiger partial charge in [-0.15, -0.1) is 0 Å². The Kier molecular flexibility index (Phi) is 37.3. The molecular formula is C48H80NO8P. The number of hydrogen-bond acceptors (Lipinski definition) is 8. The maximum absolute atomic E-state index is 12.7. The van der Waals surface area contributed by atoms with E-state index in [9.17, 15) is 19.0 Å². The number of likely N-dealkylation sites (N-methyl/N-ethyl adjacent to an activating group) is 1. The molecule has 2 atom stereocenters. The van der Waals surface area contributed by atoms with Gasteiger partial charge >= 0.3 is 11.9 Å². The van der Waals surface area contributed by atoms with Gasteiger partial charge in [0.15, 0.2) is 6.10 Å². The average Bonchev–Trinajstić information content (AvgIpc) is 3.17. The molecule has 0 saturated heterocycles. The molecular weight excluding hydrogens is 750 g/mol. The Balaban J connectivity index is 4.53. The summed E-state index contributed by atoms with van der Waals surface area (Å²) in [6.45, 7) is 3.96. The van der Waals surface area contributed by atoms with E-state index in [0.717, 1.165) is 70.6 Å². The lowest BCUT2D eigenvalue weighted by molar-refractivity contribution is -0.870. The summed E-state index contributed by atoms with van der Waals surface area (Å²) in [5, 5.41) is 0. The highest BCUT2D eigenvalue weighted by molar-refractivity contribution is 7.45. The largest absolute Gasteiger partial charge is 0.756 e. The average molecular weight is 830 g/mol. The molecule has 58 heavy (non-hydrogen) atoms. The van der Waals surface area contributed by atoms with Crippen molar-refractivity contribution >= 4 is 19.8 Å². The summed E-state index contributed by atoms with van der Waals surface area (Å²) in [6, 6.07) is 0. The van der Waals surface area contributed by atoms with E-state index in [1.807, 2.05) is 27.2 Å². The molecule has 0 heterocycles. The van der Waals surface area contributed by atoms with E-state index in [-0.39, 0.29) is 26.1 Å². The predicted molar refractivity (Wildman–Crippen MR) is 240 cm³/mol. The van der Waals surface area contributed by atoms with Crippen molar-refractivity contribution in [1.29, 1.82) is 0 Å². The number of ether oxygens (including phenoxy) is 2. The Bertz CT molecular complexity index is 1300. The second-order valence-corrected chi connectivity index (χ2v) is 16.7. The maximum Gasteiger partial charge on any atom is 0.306 e. The quantitative estimate of drug-likeness (QED) is 0.0199. The van der Waals surface area contributed by atoms with Crippen LogP contribution in [-0.4, -0.2) is 70.0 Å². The number of nitrogens with zero attached hydrogens (tertiary/aromatic N) is 1. The Morgan fingerprint density at radius 1 is 0.552 bits per heavy atom. The molecule has 0 aliphatic heterocycles. The zero-order valence-corrected chi connectivity index (χ0v) is 37.8. The molecule has 0 aliphatic rings. The Morgan fingerprint density at radius 3 is 1.50 bits per heavy atom. The van der Waals surface area contributed by atoms with Gasteiger partial charge in [-0.25, -0.2) is 0 Å². The van der Waals surface area contributed by atoms with Crippen LogP contribution in [0.4, 0.5) is 0 Å². The molecule has 0 aromatic heterocycles. The predicted octanol–water partition coefficient (Wildman–Crippen LogP) is 11.9. The molecule has 0 bridgehead atoms. The number of hydrogen-bond donors (Lipinski definition) is 0. The van der Waals surface area contributed by atoms with E-state index in [4.69, 9.17) is 18.5 Å². The molecule has 0 aromatic rings. The third-order valence-electron chi connectivity index (χ3n) is 8.59. The van der Waals surface area contributed by atoms with Gasteiger partial charge in [-0.2, -0.15) is 0 Å². The van der Waals surface area contributed by atoms with Gasteiger partial charge in [0, 0.05) is 12.8 Å². The van der Waals surface area contributed by atoms with Crippen molar-refractivity contribution < 1.29 is 42.1 Å². The molecule has 0 spiro atoms. The highest BCUT2D eigenvalue weighted by atomic mass is 31.2. The fourth-order valence-corrected chi connectivity index (χ4v) is 5.89. The van der Waals surface area contributed by atoms with Gasteiger partial charge in [-0.05, 0) is 89.9 Å². The van der Waals surface area contributed by atoms with Gasteiger partial charge in [-0.1, -0.05) is 137 Å². The van der Waals surface area contributed by atoms with Crippen molar-refractivity contribution in [2.24, 2.45) is 0 Å². The standard InChI is InChI=1S/C48H80NO8P/c1-6-8-10-12-14-16-18-20-22-24-26-28-30-32-34-36-38-40-47(50)54-44-46(45-56-58(52,53)55-43-42-49(3,4)5)57-48(51)41-39-37-35-33-31-29-27-25-23-21-19-17-15-13-11-9-7-2/h9,11,14-17,20-23,26-29,33,35,46H,6-8,10,12-13,18-19,24-25,30-32,34,36-45H2,1-5H3/b11-9-,16-14-,17-15-,22-20-,23-21-,28-26-,29-27-,35-33-/t46-/m1/s1. The minimum atomic E-state index is -4.65. The molecule has 0 aliphatic carbocycles. The van der Waals surface area contributed by atoms with Crippen molar-refractivity contribution in [2.75, 3.05) is 47.5 Å². The second-order valence-electron chi connectivity index (χ2n) is 15.3. The first-order chi connectivity index (χ1) is 28.0. The number of quaternary nitrogens is 1. The van der Waals surface area contributed by atoms with Crippen molar-refractivity contribution in [3.8, 4) is 0 Å². The number of unbranched alkanes of at least 4 members (excludes halogenated alkanes) is 8. The smallest absolute Gasteiger partial charge is 0.306 e. The molecule has 0 N–H and O–H groups in total. The van der Waals surface area contributed by atoms with Crippen LogP contribution in [0.15, 0.2) is 97.2 Å². The van der Waals surface area contributed by atoms with Gasteiger partial charge in [0.05, 0.1) is 27.7 Å². The molecule has 0 rings (SSSR count). The highest BCUT2D eigenvalue weighted by Gasteiger charge is 2.21. The fraction of sp³-hybridized carbons (Fsp3) is 0.625. The molecule has 0 amide bonds. The number of allylic oxidation sites excluding steroid dienone is 16. The summed E-state index contributed by atoms with van der Waals surface area (Å²) in [7, 11) is 1.10. The topological polar surface area (TPSA) is 111 Å². The van der Waals surface area contributed by atoms with E-state index in [2.05, 4.69) is 105 Å². The number of carbonyl (C=O) groups is 2. The Hall–Kier alpha value is -3.07. The van der Waals surface area contributed by atoms with Crippen LogP contribution >= 0.6 is 7.82 Å². The lowest BCUT2D eigenvalue weighted by atomic mass is 10.1. The van der Waals surface area contributed by atoms with Crippen LogP contribution in [-0.2, 0) is 32.7 Å². The van der Waals surface area contributed by atoms with Gasteiger partial charge in [0.25, 0.3) is 7.82 Å². The third kappa shape index (κ3) is 42.5. The van der Waals surface area contributed by atoms with Crippen molar-refractivity contribution in [2.45, 2.75) is 148 Å². The second kappa shape index (κ2) is 39.4. The van der Waals surface area contributed by atoms with Crippen molar-refractivity contribution in [3.63, 3.8) is 0 Å². The number of phosphoric acid groups is 1. The van der Waals surface area contributed by atoms with Crippen LogP contribution in [0.2, 0.25) is 0 Å². The summed E-state index contributed by atoms with van der Waals surface area (Å²) in [5.41, 5.74) is 0. The number of esters is 2. The van der Waals surface area contributed by atoms with Crippen LogP contribution in [0.3, 0.4) is 0 Å². The number of rotatable bonds is 38. The molecule has 1 unspecified atom stereocenters. The normalized spacial score (nSPS) is 14.5. The van der Waals surface area contributed by atoms with Crippen LogP contribution in [0, 0.1) is 0 Å². The van der Waals surface area contributed by atoms with Gasteiger partial charge in [-0.3, -0.25) is 14.2 Å². The Labute approximate surface area is 353 Å². The van der Waals surface area contributed by atoms with Crippen LogP contribution in [0.5, 0.6) is 0 Å². The SMILES string of the molecule is CC/C=C\C/C=C\C/C=C\C/C=C\C/C=C\CCCC(=O)O[C@H](COC(=O)CCCCCC/C=C\C/C=C\C/C=C\CCCCC)COP(=O)([O-])OCC[N+](C)(C)C. The van der Waals surface area contributed by atoms with Gasteiger partial charge in [0.1, 0.15) is 19.8 Å². The van der Waals surface area contributed by atoms with Gasteiger partial charge < -0.3 is 27.9 Å². The zero-order chi connectivity index (χ0) is 42.8. The number of carbonyl (C=O) groups excluding carboxylic acids is 2. The summed E-state index contributed by atoms with van der Waals surface area (Å²) >= 11 is 0. The molecule has 0 radical (unpaired) electrons. The van der Waals surface area contributed by atoms with Crippen molar-refractivity contribution in [3.05, 3.63) is 97.2 Å². The summed E-state index contributed by atoms with van der Waals surface area (Å²) in [4.78, 5) is 37.5. The molecule has 0 aromatic carbocycles. The summed E-state index contributed by atoms with van der Waals surface area (Å²) < 4.78 is 33.8. The van der Waals surface area contributed by atoms with Crippen LogP contribution in [0.1, 0.15) is 142 Å². The summed E-state index contributed by atoms with van der Waals surface area (Å²) in [5.74, 6) is -0.939. The van der Waals surface area contributed by atoms with E-state index < -0.39 is 32.5 Å². The van der Waals surface area contributed by atoms with Gasteiger partial charge in [0.2, 0.25) is 0 Å². The minimum Gasteiger partial charge on any atom is -0.756 e. The lowest BCUT2D eigenvalue weighted by Crippen LogP contribution is -2.37. The van der Waals surface area contributed by atoms with E-state index in [1.165, 1.54) is 25.7 Å². The molecule has 10 heteroatoms. The monoisotopic (exact) mass is 830 g/mol. The maximum atomic E-state index is 12.7. The molecule has 9 nitrogen and oxygen atoms in total. The fourth-order valence-electron chi connectivity index (χ4n) is 5.17. The highest BCUT2D eigenvalue weighted by Crippen LogP contribution is 2.38. The van der Waals surface area contributed by atoms with Crippen LogP contribution < -0.4 is 4.89 Å². The summed E-state index contributed by atoms with van der Waals surface area (Å²) in [6.07, 6.45) is 51.5. The first kappa shape index (κ1) is 54.9. The molecule has 330 valence electrons. The minimum absolute atomic E-state index is 0.0511. The third-order valence-corrected chi connectivity index (χ3v) is 9.55.